The number of amides is 2. The molecule has 0 saturated heterocycles. The van der Waals surface area contributed by atoms with Gasteiger partial charge in [-0.05, 0) is 84.3 Å². The SMILES string of the molecule is CCCOc1ccc(C(=O)NC(=S)Nc2cccc(C(=O)NC(C)CC)c2)cc1Br. The Morgan fingerprint density at radius 3 is 2.50 bits per heavy atom. The number of carbonyl (C=O) groups is 2. The zero-order valence-electron chi connectivity index (χ0n) is 17.3. The molecule has 2 amide bonds. The summed E-state index contributed by atoms with van der Waals surface area (Å²) in [4.78, 5) is 24.8. The molecule has 0 aliphatic heterocycles. The Kier molecular flexibility index (Phi) is 9.26. The van der Waals surface area contributed by atoms with Gasteiger partial charge in [0.1, 0.15) is 5.75 Å². The topological polar surface area (TPSA) is 79.5 Å². The summed E-state index contributed by atoms with van der Waals surface area (Å²) in [6.45, 7) is 6.59. The lowest BCUT2D eigenvalue weighted by Crippen LogP contribution is -2.34. The van der Waals surface area contributed by atoms with Crippen molar-refractivity contribution < 1.29 is 14.3 Å². The summed E-state index contributed by atoms with van der Waals surface area (Å²) >= 11 is 8.66. The number of carbonyl (C=O) groups excluding carboxylic acids is 2. The zero-order chi connectivity index (χ0) is 22.1. The molecule has 0 bridgehead atoms. The quantitative estimate of drug-likeness (QED) is 0.458. The Morgan fingerprint density at radius 1 is 1.10 bits per heavy atom. The van der Waals surface area contributed by atoms with Crippen LogP contribution in [0.25, 0.3) is 0 Å². The molecule has 0 aromatic heterocycles. The Labute approximate surface area is 190 Å². The van der Waals surface area contributed by atoms with Crippen molar-refractivity contribution >= 4 is 50.8 Å². The van der Waals surface area contributed by atoms with Gasteiger partial charge in [0.05, 0.1) is 11.1 Å². The number of nitrogens with one attached hydrogen (secondary N) is 3. The lowest BCUT2D eigenvalue weighted by molar-refractivity contribution is 0.0937. The van der Waals surface area contributed by atoms with Crippen molar-refractivity contribution in [3.8, 4) is 5.75 Å². The first-order valence-corrected chi connectivity index (χ1v) is 11.0. The maximum Gasteiger partial charge on any atom is 0.257 e. The van der Waals surface area contributed by atoms with Crippen LogP contribution in [0.5, 0.6) is 5.75 Å². The standard InChI is InChI=1S/C22H26BrN3O3S/c1-4-11-29-19-10-9-16(13-18(19)23)21(28)26-22(30)25-17-8-6-7-15(12-17)20(27)24-14(3)5-2/h6-10,12-14H,4-5,11H2,1-3H3,(H,24,27)(H2,25,26,28,30). The van der Waals surface area contributed by atoms with Gasteiger partial charge in [0.25, 0.3) is 11.8 Å². The van der Waals surface area contributed by atoms with Gasteiger partial charge in [-0.25, -0.2) is 0 Å². The third-order valence-corrected chi connectivity index (χ3v) is 5.08. The lowest BCUT2D eigenvalue weighted by Gasteiger charge is -2.13. The van der Waals surface area contributed by atoms with Crippen LogP contribution in [0.15, 0.2) is 46.9 Å². The molecule has 0 fully saturated rings. The predicted molar refractivity (Wildman–Crippen MR) is 127 cm³/mol. The van der Waals surface area contributed by atoms with Crippen molar-refractivity contribution in [1.82, 2.24) is 10.6 Å². The van der Waals surface area contributed by atoms with E-state index in [4.69, 9.17) is 17.0 Å². The second kappa shape index (κ2) is 11.7. The third kappa shape index (κ3) is 7.11. The minimum Gasteiger partial charge on any atom is -0.492 e. The Hall–Kier alpha value is -2.45. The maximum atomic E-state index is 12.5. The normalized spacial score (nSPS) is 11.3. The molecule has 3 N–H and O–H groups in total. The molecule has 0 radical (unpaired) electrons. The number of halogens is 1. The van der Waals surface area contributed by atoms with Crippen LogP contribution in [0.3, 0.4) is 0 Å². The molecular weight excluding hydrogens is 466 g/mol. The van der Waals surface area contributed by atoms with Gasteiger partial charge >= 0.3 is 0 Å². The highest BCUT2D eigenvalue weighted by atomic mass is 79.9. The molecular formula is C22H26BrN3O3S. The highest BCUT2D eigenvalue weighted by molar-refractivity contribution is 9.10. The third-order valence-electron chi connectivity index (χ3n) is 4.26. The molecule has 30 heavy (non-hydrogen) atoms. The van der Waals surface area contributed by atoms with Gasteiger partial charge in [0.2, 0.25) is 0 Å². The first kappa shape index (κ1) is 23.8. The average molecular weight is 492 g/mol. The van der Waals surface area contributed by atoms with Crippen LogP contribution in [0.2, 0.25) is 0 Å². The lowest BCUT2D eigenvalue weighted by atomic mass is 10.1. The summed E-state index contributed by atoms with van der Waals surface area (Å²) < 4.78 is 6.29. The molecule has 6 nitrogen and oxygen atoms in total. The molecule has 0 aliphatic carbocycles. The molecule has 2 aromatic rings. The van der Waals surface area contributed by atoms with E-state index in [1.54, 1.807) is 42.5 Å². The van der Waals surface area contributed by atoms with Crippen LogP contribution in [0.1, 0.15) is 54.3 Å². The van der Waals surface area contributed by atoms with Crippen LogP contribution in [0, 0.1) is 0 Å². The van der Waals surface area contributed by atoms with E-state index < -0.39 is 0 Å². The second-order valence-electron chi connectivity index (χ2n) is 6.77. The summed E-state index contributed by atoms with van der Waals surface area (Å²) in [7, 11) is 0. The molecule has 0 heterocycles. The number of anilines is 1. The summed E-state index contributed by atoms with van der Waals surface area (Å²) in [5.41, 5.74) is 1.57. The fourth-order valence-corrected chi connectivity index (χ4v) is 3.16. The number of hydrogen-bond acceptors (Lipinski definition) is 4. The van der Waals surface area contributed by atoms with E-state index in [0.29, 0.717) is 33.6 Å². The fraction of sp³-hybridized carbons (Fsp3) is 0.318. The highest BCUT2D eigenvalue weighted by Gasteiger charge is 2.12. The van der Waals surface area contributed by atoms with Crippen LogP contribution < -0.4 is 20.7 Å². The van der Waals surface area contributed by atoms with Gasteiger partial charge in [0.15, 0.2) is 5.11 Å². The fourth-order valence-electron chi connectivity index (χ4n) is 2.46. The van der Waals surface area contributed by atoms with E-state index in [1.807, 2.05) is 20.8 Å². The van der Waals surface area contributed by atoms with Gasteiger partial charge in [-0.2, -0.15) is 0 Å². The summed E-state index contributed by atoms with van der Waals surface area (Å²) in [6, 6.07) is 12.1. The summed E-state index contributed by atoms with van der Waals surface area (Å²) in [6.07, 6.45) is 1.75. The summed E-state index contributed by atoms with van der Waals surface area (Å²) in [5.74, 6) is 0.181. The van der Waals surface area contributed by atoms with Crippen molar-refractivity contribution in [1.29, 1.82) is 0 Å². The van der Waals surface area contributed by atoms with Gasteiger partial charge in [-0.1, -0.05) is 19.9 Å². The smallest absolute Gasteiger partial charge is 0.257 e. The Bertz CT molecular complexity index is 920. The monoisotopic (exact) mass is 491 g/mol. The van der Waals surface area contributed by atoms with Crippen LogP contribution in [-0.4, -0.2) is 29.6 Å². The minimum atomic E-state index is -0.346. The van der Waals surface area contributed by atoms with Gasteiger partial charge in [0, 0.05) is 22.9 Å². The molecule has 8 heteroatoms. The highest BCUT2D eigenvalue weighted by Crippen LogP contribution is 2.26. The number of thiocarbonyl (C=S) groups is 1. The molecule has 0 aliphatic rings. The number of rotatable bonds is 8. The molecule has 0 spiro atoms. The molecule has 0 saturated carbocycles. The molecule has 2 rings (SSSR count). The number of ether oxygens (including phenoxy) is 1. The molecule has 1 atom stereocenters. The first-order chi connectivity index (χ1) is 14.3. The predicted octanol–water partition coefficient (Wildman–Crippen LogP) is 4.89. The van der Waals surface area contributed by atoms with Gasteiger partial charge < -0.3 is 15.4 Å². The Morgan fingerprint density at radius 2 is 1.83 bits per heavy atom. The molecule has 160 valence electrons. The van der Waals surface area contributed by atoms with Crippen molar-refractivity contribution in [2.45, 2.75) is 39.7 Å². The van der Waals surface area contributed by atoms with E-state index >= 15 is 0 Å². The van der Waals surface area contributed by atoms with E-state index in [2.05, 4.69) is 31.9 Å². The van der Waals surface area contributed by atoms with Gasteiger partial charge in [-0.3, -0.25) is 14.9 Å². The number of benzene rings is 2. The van der Waals surface area contributed by atoms with Crippen molar-refractivity contribution in [2.75, 3.05) is 11.9 Å². The average Bonchev–Trinajstić information content (AvgIpc) is 2.72. The van der Waals surface area contributed by atoms with Crippen LogP contribution in [-0.2, 0) is 0 Å². The van der Waals surface area contributed by atoms with E-state index in [9.17, 15) is 9.59 Å². The summed E-state index contributed by atoms with van der Waals surface area (Å²) in [5, 5.41) is 8.65. The van der Waals surface area contributed by atoms with Crippen molar-refractivity contribution in [3.63, 3.8) is 0 Å². The van der Waals surface area contributed by atoms with Crippen molar-refractivity contribution in [2.24, 2.45) is 0 Å². The Balaban J connectivity index is 1.98. The zero-order valence-corrected chi connectivity index (χ0v) is 19.7. The maximum absolute atomic E-state index is 12.5. The second-order valence-corrected chi connectivity index (χ2v) is 8.03. The van der Waals surface area contributed by atoms with E-state index in [-0.39, 0.29) is 23.0 Å². The van der Waals surface area contributed by atoms with E-state index in [1.165, 1.54) is 0 Å². The van der Waals surface area contributed by atoms with Crippen molar-refractivity contribution in [3.05, 3.63) is 58.1 Å². The van der Waals surface area contributed by atoms with Gasteiger partial charge in [-0.15, -0.1) is 0 Å². The van der Waals surface area contributed by atoms with Crippen LogP contribution >= 0.6 is 28.1 Å². The van der Waals surface area contributed by atoms with Crippen LogP contribution in [0.4, 0.5) is 5.69 Å². The number of hydrogen-bond donors (Lipinski definition) is 3. The first-order valence-electron chi connectivity index (χ1n) is 9.79. The molecule has 1 unspecified atom stereocenters. The molecule has 2 aromatic carbocycles. The van der Waals surface area contributed by atoms with E-state index in [0.717, 1.165) is 12.8 Å². The largest absolute Gasteiger partial charge is 0.492 e. The minimum absolute atomic E-state index is 0.0903.